The highest BCUT2D eigenvalue weighted by atomic mass is 16.5. The molecule has 1 saturated heterocycles. The van der Waals surface area contributed by atoms with E-state index >= 15 is 0 Å². The molecule has 6 nitrogen and oxygen atoms in total. The lowest BCUT2D eigenvalue weighted by atomic mass is 10.1. The Morgan fingerprint density at radius 1 is 1.17 bits per heavy atom. The van der Waals surface area contributed by atoms with Crippen molar-refractivity contribution in [3.8, 4) is 0 Å². The lowest BCUT2D eigenvalue weighted by Crippen LogP contribution is -2.47. The van der Waals surface area contributed by atoms with Crippen molar-refractivity contribution in [1.29, 1.82) is 0 Å². The molecular weight excluding hydrogens is 306 g/mol. The number of carbonyl (C=O) groups is 2. The van der Waals surface area contributed by atoms with E-state index in [1.165, 1.54) is 0 Å². The predicted molar refractivity (Wildman–Crippen MR) is 89.2 cm³/mol. The summed E-state index contributed by atoms with van der Waals surface area (Å²) in [6, 6.07) is 3.93. The molecule has 1 aliphatic carbocycles. The van der Waals surface area contributed by atoms with E-state index in [1.807, 2.05) is 17.0 Å². The van der Waals surface area contributed by atoms with E-state index < -0.39 is 0 Å². The van der Waals surface area contributed by atoms with Crippen LogP contribution in [-0.2, 0) is 20.7 Å². The van der Waals surface area contributed by atoms with Crippen LogP contribution in [0.3, 0.4) is 0 Å². The van der Waals surface area contributed by atoms with Crippen LogP contribution >= 0.6 is 0 Å². The molecule has 0 spiro atoms. The fraction of sp³-hybridized carbons (Fsp3) is 0.611. The molecular formula is C18H25N3O3. The van der Waals surface area contributed by atoms with E-state index in [-0.39, 0.29) is 23.8 Å². The Kier molecular flexibility index (Phi) is 5.80. The number of hydrogen-bond acceptors (Lipinski definition) is 4. The minimum Gasteiger partial charge on any atom is -0.381 e. The SMILES string of the molecule is O=C(Cc1ccncc1)NCCN(C(=O)C1CC1)C1CCOCC1. The summed E-state index contributed by atoms with van der Waals surface area (Å²) in [7, 11) is 0. The number of carbonyl (C=O) groups excluding carboxylic acids is 2. The molecule has 130 valence electrons. The van der Waals surface area contributed by atoms with Gasteiger partial charge in [0, 0.05) is 50.7 Å². The first-order valence-electron chi connectivity index (χ1n) is 8.78. The van der Waals surface area contributed by atoms with E-state index in [9.17, 15) is 9.59 Å². The number of hydrogen-bond donors (Lipinski definition) is 1. The quantitative estimate of drug-likeness (QED) is 0.814. The second kappa shape index (κ2) is 8.24. The normalized spacial score (nSPS) is 18.2. The summed E-state index contributed by atoms with van der Waals surface area (Å²) in [5.74, 6) is 0.442. The molecule has 3 rings (SSSR count). The Morgan fingerprint density at radius 2 is 1.88 bits per heavy atom. The fourth-order valence-electron chi connectivity index (χ4n) is 3.10. The van der Waals surface area contributed by atoms with Crippen molar-refractivity contribution in [2.45, 2.75) is 38.1 Å². The lowest BCUT2D eigenvalue weighted by molar-refractivity contribution is -0.137. The summed E-state index contributed by atoms with van der Waals surface area (Å²) in [5, 5.41) is 2.93. The lowest BCUT2D eigenvalue weighted by Gasteiger charge is -2.34. The van der Waals surface area contributed by atoms with Gasteiger partial charge in [0.15, 0.2) is 0 Å². The summed E-state index contributed by atoms with van der Waals surface area (Å²) in [4.78, 5) is 30.5. The van der Waals surface area contributed by atoms with Gasteiger partial charge in [0.05, 0.1) is 6.42 Å². The van der Waals surface area contributed by atoms with Gasteiger partial charge in [-0.15, -0.1) is 0 Å². The molecule has 1 aromatic rings. The van der Waals surface area contributed by atoms with E-state index in [4.69, 9.17) is 4.74 Å². The highest BCUT2D eigenvalue weighted by molar-refractivity contribution is 5.81. The Hall–Kier alpha value is -1.95. The monoisotopic (exact) mass is 331 g/mol. The number of nitrogens with one attached hydrogen (secondary N) is 1. The third-order valence-corrected chi connectivity index (χ3v) is 4.63. The highest BCUT2D eigenvalue weighted by Crippen LogP contribution is 2.32. The minimum absolute atomic E-state index is 0.0213. The molecule has 2 fully saturated rings. The van der Waals surface area contributed by atoms with Crippen LogP contribution in [0.15, 0.2) is 24.5 Å². The number of amides is 2. The van der Waals surface area contributed by atoms with E-state index in [0.29, 0.717) is 32.7 Å². The third-order valence-electron chi connectivity index (χ3n) is 4.63. The first-order chi connectivity index (χ1) is 11.7. The standard InChI is InChI=1S/C18H25N3O3/c22-17(13-14-3-7-19-8-4-14)20-9-10-21(18(23)15-1-2-15)16-5-11-24-12-6-16/h3-4,7-8,15-16H,1-2,5-6,9-13H2,(H,20,22). The van der Waals surface area contributed by atoms with Gasteiger partial charge in [-0.3, -0.25) is 14.6 Å². The summed E-state index contributed by atoms with van der Waals surface area (Å²) >= 11 is 0. The number of aromatic nitrogens is 1. The largest absolute Gasteiger partial charge is 0.381 e. The molecule has 0 aromatic carbocycles. The van der Waals surface area contributed by atoms with E-state index in [0.717, 1.165) is 31.2 Å². The van der Waals surface area contributed by atoms with Gasteiger partial charge in [0.25, 0.3) is 0 Å². The van der Waals surface area contributed by atoms with Crippen LogP contribution in [0.4, 0.5) is 0 Å². The smallest absolute Gasteiger partial charge is 0.225 e. The van der Waals surface area contributed by atoms with E-state index in [2.05, 4.69) is 10.3 Å². The molecule has 0 radical (unpaired) electrons. The summed E-state index contributed by atoms with van der Waals surface area (Å²) in [5.41, 5.74) is 0.942. The Labute approximate surface area is 142 Å². The first-order valence-corrected chi connectivity index (χ1v) is 8.78. The van der Waals surface area contributed by atoms with Gasteiger partial charge in [-0.25, -0.2) is 0 Å². The second-order valence-corrected chi connectivity index (χ2v) is 6.53. The van der Waals surface area contributed by atoms with Crippen molar-refractivity contribution >= 4 is 11.8 Å². The van der Waals surface area contributed by atoms with Crippen LogP contribution in [0.2, 0.25) is 0 Å². The summed E-state index contributed by atoms with van der Waals surface area (Å²) in [6.07, 6.45) is 7.51. The molecule has 2 heterocycles. The summed E-state index contributed by atoms with van der Waals surface area (Å²) < 4.78 is 5.40. The molecule has 0 bridgehead atoms. The molecule has 0 atom stereocenters. The Morgan fingerprint density at radius 3 is 2.54 bits per heavy atom. The molecule has 2 aliphatic rings. The molecule has 6 heteroatoms. The van der Waals surface area contributed by atoms with Crippen molar-refractivity contribution in [2.24, 2.45) is 5.92 Å². The average molecular weight is 331 g/mol. The number of nitrogens with zero attached hydrogens (tertiary/aromatic N) is 2. The van der Waals surface area contributed by atoms with Crippen molar-refractivity contribution in [1.82, 2.24) is 15.2 Å². The van der Waals surface area contributed by atoms with Crippen LogP contribution in [-0.4, -0.2) is 54.0 Å². The molecule has 1 aromatic heterocycles. The molecule has 1 N–H and O–H groups in total. The molecule has 1 saturated carbocycles. The van der Waals surface area contributed by atoms with Crippen LogP contribution in [0.5, 0.6) is 0 Å². The predicted octanol–water partition coefficient (Wildman–Crippen LogP) is 1.16. The molecule has 2 amide bonds. The maximum atomic E-state index is 12.5. The molecule has 24 heavy (non-hydrogen) atoms. The van der Waals surface area contributed by atoms with E-state index in [1.54, 1.807) is 12.4 Å². The fourth-order valence-corrected chi connectivity index (χ4v) is 3.10. The van der Waals surface area contributed by atoms with Crippen LogP contribution in [0.1, 0.15) is 31.2 Å². The van der Waals surface area contributed by atoms with Gasteiger partial charge in [0.2, 0.25) is 11.8 Å². The summed E-state index contributed by atoms with van der Waals surface area (Å²) in [6.45, 7) is 2.52. The Bertz CT molecular complexity index is 554. The maximum Gasteiger partial charge on any atom is 0.225 e. The van der Waals surface area contributed by atoms with Gasteiger partial charge in [-0.1, -0.05) is 0 Å². The van der Waals surface area contributed by atoms with Crippen LogP contribution in [0.25, 0.3) is 0 Å². The third kappa shape index (κ3) is 4.77. The zero-order valence-electron chi connectivity index (χ0n) is 13.9. The topological polar surface area (TPSA) is 71.5 Å². The van der Waals surface area contributed by atoms with Crippen LogP contribution in [0, 0.1) is 5.92 Å². The number of ether oxygens (including phenoxy) is 1. The highest BCUT2D eigenvalue weighted by Gasteiger charge is 2.36. The minimum atomic E-state index is -0.0213. The van der Waals surface area contributed by atoms with Crippen LogP contribution < -0.4 is 5.32 Å². The first kappa shape index (κ1) is 16.9. The van der Waals surface area contributed by atoms with Crippen molar-refractivity contribution in [3.05, 3.63) is 30.1 Å². The molecule has 0 unspecified atom stereocenters. The van der Waals surface area contributed by atoms with Gasteiger partial charge >= 0.3 is 0 Å². The van der Waals surface area contributed by atoms with Crippen molar-refractivity contribution in [2.75, 3.05) is 26.3 Å². The van der Waals surface area contributed by atoms with Crippen molar-refractivity contribution in [3.63, 3.8) is 0 Å². The zero-order chi connectivity index (χ0) is 16.8. The van der Waals surface area contributed by atoms with Gasteiger partial charge in [-0.2, -0.15) is 0 Å². The second-order valence-electron chi connectivity index (χ2n) is 6.53. The number of rotatable bonds is 7. The number of pyridine rings is 1. The molecule has 1 aliphatic heterocycles. The maximum absolute atomic E-state index is 12.5. The average Bonchev–Trinajstić information content (AvgIpc) is 3.45. The van der Waals surface area contributed by atoms with Crippen molar-refractivity contribution < 1.29 is 14.3 Å². The van der Waals surface area contributed by atoms with Gasteiger partial charge in [0.1, 0.15) is 0 Å². The van der Waals surface area contributed by atoms with Gasteiger partial charge < -0.3 is 15.0 Å². The Balaban J connectivity index is 1.47. The van der Waals surface area contributed by atoms with Gasteiger partial charge in [-0.05, 0) is 43.4 Å². The zero-order valence-corrected chi connectivity index (χ0v) is 13.9.